The van der Waals surface area contributed by atoms with Gasteiger partial charge in [-0.25, -0.2) is 4.98 Å². The van der Waals surface area contributed by atoms with E-state index in [2.05, 4.69) is 60.0 Å². The van der Waals surface area contributed by atoms with E-state index in [0.29, 0.717) is 6.42 Å². The number of benzene rings is 2. The summed E-state index contributed by atoms with van der Waals surface area (Å²) in [6.07, 6.45) is 12.0. The lowest BCUT2D eigenvalue weighted by Crippen LogP contribution is -2.27. The second-order valence-electron chi connectivity index (χ2n) is 9.56. The molecule has 0 bridgehead atoms. The van der Waals surface area contributed by atoms with Gasteiger partial charge < -0.3 is 9.47 Å². The fraction of sp³-hybridized carbons (Fsp3) is 0.517. The Bertz CT molecular complexity index is 1010. The summed E-state index contributed by atoms with van der Waals surface area (Å²) < 4.78 is 2.41. The van der Waals surface area contributed by atoms with Gasteiger partial charge >= 0.3 is 0 Å². The van der Waals surface area contributed by atoms with E-state index < -0.39 is 0 Å². The number of rotatable bonds is 13. The number of carbonyl (C=O) groups excluding carboxylic acids is 1. The molecule has 1 amide bonds. The molecule has 0 radical (unpaired) electrons. The molecule has 4 nitrogen and oxygen atoms in total. The Morgan fingerprint density at radius 1 is 0.848 bits per heavy atom. The highest BCUT2D eigenvalue weighted by atomic mass is 16.2. The number of hydrogen-bond donors (Lipinski definition) is 0. The lowest BCUT2D eigenvalue weighted by Gasteiger charge is -2.17. The number of hydrogen-bond acceptors (Lipinski definition) is 2. The van der Waals surface area contributed by atoms with Crippen LogP contribution in [0.15, 0.2) is 54.6 Å². The van der Waals surface area contributed by atoms with Crippen molar-refractivity contribution in [2.24, 2.45) is 0 Å². The minimum Gasteiger partial charge on any atom is -0.342 e. The first-order valence-electron chi connectivity index (χ1n) is 13.0. The molecule has 4 heteroatoms. The van der Waals surface area contributed by atoms with Crippen LogP contribution in [-0.4, -0.2) is 33.4 Å². The number of amides is 1. The van der Waals surface area contributed by atoms with Gasteiger partial charge in [0.1, 0.15) is 5.82 Å². The average molecular weight is 446 g/mol. The topological polar surface area (TPSA) is 38.1 Å². The normalized spacial score (nSPS) is 16.2. The van der Waals surface area contributed by atoms with Crippen LogP contribution in [-0.2, 0) is 17.8 Å². The zero-order valence-electron chi connectivity index (χ0n) is 20.2. The molecule has 1 saturated heterocycles. The smallest absolute Gasteiger partial charge is 0.223 e. The van der Waals surface area contributed by atoms with Crippen molar-refractivity contribution in [1.29, 1.82) is 0 Å². The third kappa shape index (κ3) is 6.25. The van der Waals surface area contributed by atoms with E-state index >= 15 is 0 Å². The maximum Gasteiger partial charge on any atom is 0.223 e. The zero-order valence-corrected chi connectivity index (χ0v) is 20.2. The predicted octanol–water partition coefficient (Wildman–Crippen LogP) is 6.74. The fourth-order valence-electron chi connectivity index (χ4n) is 5.11. The summed E-state index contributed by atoms with van der Waals surface area (Å²) in [5, 5.41) is 0. The first-order valence-corrected chi connectivity index (χ1v) is 13.0. The van der Waals surface area contributed by atoms with E-state index in [-0.39, 0.29) is 11.8 Å². The summed E-state index contributed by atoms with van der Waals surface area (Å²) in [5.41, 5.74) is 3.56. The van der Waals surface area contributed by atoms with Crippen LogP contribution in [0.25, 0.3) is 11.0 Å². The highest BCUT2D eigenvalue weighted by Gasteiger charge is 2.33. The van der Waals surface area contributed by atoms with Crippen LogP contribution >= 0.6 is 0 Å². The van der Waals surface area contributed by atoms with Gasteiger partial charge in [0.15, 0.2) is 0 Å². The number of unbranched alkanes of at least 4 members (excludes halogenated alkanes) is 7. The second-order valence-corrected chi connectivity index (χ2v) is 9.56. The molecule has 1 aliphatic rings. The van der Waals surface area contributed by atoms with Crippen LogP contribution in [0.2, 0.25) is 0 Å². The Labute approximate surface area is 199 Å². The minimum atomic E-state index is 0.190. The number of carbonyl (C=O) groups is 1. The molecule has 1 aromatic heterocycles. The molecule has 4 rings (SSSR count). The molecule has 33 heavy (non-hydrogen) atoms. The molecule has 2 heterocycles. The van der Waals surface area contributed by atoms with E-state index in [0.717, 1.165) is 37.4 Å². The lowest BCUT2D eigenvalue weighted by molar-refractivity contribution is -0.127. The molecule has 1 aliphatic heterocycles. The van der Waals surface area contributed by atoms with Crippen molar-refractivity contribution in [1.82, 2.24) is 14.5 Å². The first kappa shape index (κ1) is 23.5. The van der Waals surface area contributed by atoms with Crippen LogP contribution in [0.4, 0.5) is 0 Å². The molecule has 0 aliphatic carbocycles. The van der Waals surface area contributed by atoms with Crippen LogP contribution in [0, 0.1) is 0 Å². The molecule has 1 unspecified atom stereocenters. The largest absolute Gasteiger partial charge is 0.342 e. The molecule has 2 aromatic carbocycles. The van der Waals surface area contributed by atoms with E-state index in [4.69, 9.17) is 4.98 Å². The fourth-order valence-corrected chi connectivity index (χ4v) is 5.11. The van der Waals surface area contributed by atoms with Crippen molar-refractivity contribution in [3.05, 3.63) is 66.0 Å². The molecule has 0 saturated carbocycles. The third-order valence-electron chi connectivity index (χ3n) is 7.01. The Balaban J connectivity index is 1.37. The maximum atomic E-state index is 12.8. The van der Waals surface area contributed by atoms with Crippen LogP contribution < -0.4 is 0 Å². The van der Waals surface area contributed by atoms with E-state index in [1.807, 2.05) is 11.0 Å². The third-order valence-corrected chi connectivity index (χ3v) is 7.01. The van der Waals surface area contributed by atoms with Crippen molar-refractivity contribution in [3.8, 4) is 0 Å². The van der Waals surface area contributed by atoms with Crippen LogP contribution in [0.1, 0.15) is 82.0 Å². The molecule has 1 atom stereocenters. The Hall–Kier alpha value is -2.62. The molecular formula is C29H39N3O. The number of aryl methyl sites for hydroxylation is 1. The standard InChI is InChI=1S/C29H39N3O/c1-2-3-4-5-6-7-8-14-20-32-27-18-13-12-17-26(27)30-29(32)25-22-28(33)31(23-25)21-19-24-15-10-9-11-16-24/h9-13,15-18,25H,2-8,14,19-23H2,1H3. The van der Waals surface area contributed by atoms with Gasteiger partial charge in [-0.05, 0) is 30.5 Å². The summed E-state index contributed by atoms with van der Waals surface area (Å²) in [6, 6.07) is 18.9. The quantitative estimate of drug-likeness (QED) is 0.273. The summed E-state index contributed by atoms with van der Waals surface area (Å²) in [5.74, 6) is 1.56. The van der Waals surface area contributed by atoms with Crippen molar-refractivity contribution < 1.29 is 4.79 Å². The molecule has 3 aromatic rings. The second kappa shape index (κ2) is 12.0. The number of nitrogens with zero attached hydrogens (tertiary/aromatic N) is 3. The number of aromatic nitrogens is 2. The summed E-state index contributed by atoms with van der Waals surface area (Å²) in [6.45, 7) is 4.84. The van der Waals surface area contributed by atoms with Crippen LogP contribution in [0.5, 0.6) is 0 Å². The highest BCUT2D eigenvalue weighted by Crippen LogP contribution is 2.31. The van der Waals surface area contributed by atoms with Crippen molar-refractivity contribution in [3.63, 3.8) is 0 Å². The average Bonchev–Trinajstić information content (AvgIpc) is 3.40. The Morgan fingerprint density at radius 2 is 1.55 bits per heavy atom. The summed E-state index contributed by atoms with van der Waals surface area (Å²) >= 11 is 0. The first-order chi connectivity index (χ1) is 16.3. The zero-order chi connectivity index (χ0) is 22.9. The van der Waals surface area contributed by atoms with Gasteiger partial charge in [-0.15, -0.1) is 0 Å². The van der Waals surface area contributed by atoms with E-state index in [1.165, 1.54) is 62.4 Å². The number of fused-ring (bicyclic) bond motifs is 1. The minimum absolute atomic E-state index is 0.190. The van der Waals surface area contributed by atoms with Gasteiger partial charge in [0.25, 0.3) is 0 Å². The number of likely N-dealkylation sites (tertiary alicyclic amines) is 1. The summed E-state index contributed by atoms with van der Waals surface area (Å²) in [4.78, 5) is 19.9. The van der Waals surface area contributed by atoms with Crippen molar-refractivity contribution >= 4 is 16.9 Å². The van der Waals surface area contributed by atoms with Gasteiger partial charge in [-0.2, -0.15) is 0 Å². The SMILES string of the molecule is CCCCCCCCCCn1c(C2CC(=O)N(CCc3ccccc3)C2)nc2ccccc21. The van der Waals surface area contributed by atoms with Gasteiger partial charge in [0, 0.05) is 32.0 Å². The van der Waals surface area contributed by atoms with E-state index in [9.17, 15) is 4.79 Å². The van der Waals surface area contributed by atoms with Gasteiger partial charge in [-0.3, -0.25) is 4.79 Å². The molecular weight excluding hydrogens is 406 g/mol. The Kier molecular flexibility index (Phi) is 8.57. The maximum absolute atomic E-state index is 12.8. The highest BCUT2D eigenvalue weighted by molar-refractivity contribution is 5.81. The number of para-hydroxylation sites is 2. The Morgan fingerprint density at radius 3 is 2.33 bits per heavy atom. The molecule has 176 valence electrons. The molecule has 0 N–H and O–H groups in total. The van der Waals surface area contributed by atoms with Crippen molar-refractivity contribution in [2.45, 2.75) is 83.6 Å². The molecule has 0 spiro atoms. The van der Waals surface area contributed by atoms with Gasteiger partial charge in [0.05, 0.1) is 11.0 Å². The van der Waals surface area contributed by atoms with E-state index in [1.54, 1.807) is 0 Å². The monoisotopic (exact) mass is 445 g/mol. The summed E-state index contributed by atoms with van der Waals surface area (Å²) in [7, 11) is 0. The molecule has 1 fully saturated rings. The lowest BCUT2D eigenvalue weighted by atomic mass is 10.1. The van der Waals surface area contributed by atoms with Crippen LogP contribution in [0.3, 0.4) is 0 Å². The van der Waals surface area contributed by atoms with Gasteiger partial charge in [-0.1, -0.05) is 94.3 Å². The van der Waals surface area contributed by atoms with Gasteiger partial charge in [0.2, 0.25) is 5.91 Å². The predicted molar refractivity (Wildman–Crippen MR) is 136 cm³/mol. The van der Waals surface area contributed by atoms with Crippen molar-refractivity contribution in [2.75, 3.05) is 13.1 Å². The number of imidazole rings is 1.